The average Bonchev–Trinajstić information content (AvgIpc) is 3.14. The normalized spacial score (nSPS) is 18.7. The summed E-state index contributed by atoms with van der Waals surface area (Å²) < 4.78 is 0. The molecule has 2 atom stereocenters. The maximum atomic E-state index is 6.00. The van der Waals surface area contributed by atoms with E-state index in [4.69, 9.17) is 10.7 Å². The zero-order valence-corrected chi connectivity index (χ0v) is 17.0. The van der Waals surface area contributed by atoms with Crippen molar-refractivity contribution in [1.29, 1.82) is 0 Å². The van der Waals surface area contributed by atoms with E-state index < -0.39 is 0 Å². The highest BCUT2D eigenvalue weighted by Gasteiger charge is 2.32. The van der Waals surface area contributed by atoms with Crippen LogP contribution in [0.2, 0.25) is 0 Å². The Labute approximate surface area is 169 Å². The highest BCUT2D eigenvalue weighted by molar-refractivity contribution is 7.09. The Morgan fingerprint density at radius 1 is 1.14 bits per heavy atom. The maximum Gasteiger partial charge on any atom is 0.232 e. The Balaban J connectivity index is 1.60. The molecule has 0 saturated carbocycles. The van der Waals surface area contributed by atoms with E-state index in [0.717, 1.165) is 24.3 Å². The number of nitrogen functional groups attached to an aromatic ring is 1. The summed E-state index contributed by atoms with van der Waals surface area (Å²) in [6.45, 7) is 5.18. The zero-order valence-electron chi connectivity index (χ0n) is 16.2. The molecule has 3 heterocycles. The van der Waals surface area contributed by atoms with Crippen molar-refractivity contribution in [2.24, 2.45) is 0 Å². The van der Waals surface area contributed by atoms with E-state index in [1.165, 1.54) is 17.8 Å². The summed E-state index contributed by atoms with van der Waals surface area (Å²) in [7, 11) is 0. The highest BCUT2D eigenvalue weighted by Crippen LogP contribution is 2.38. The molecule has 1 aromatic carbocycles. The number of nitrogens with zero attached hydrogens (tertiary/aromatic N) is 5. The quantitative estimate of drug-likeness (QED) is 0.667. The van der Waals surface area contributed by atoms with E-state index in [2.05, 4.69) is 37.5 Å². The molecule has 2 aromatic heterocycles. The van der Waals surface area contributed by atoms with Crippen LogP contribution in [0.15, 0.2) is 35.7 Å². The molecule has 0 unspecified atom stereocenters. The molecule has 0 amide bonds. The molecule has 1 saturated heterocycles. The highest BCUT2D eigenvalue weighted by atomic mass is 32.1. The molecular weight excluding hydrogens is 370 g/mol. The molecule has 0 radical (unpaired) electrons. The van der Waals surface area contributed by atoms with E-state index in [1.54, 1.807) is 11.3 Å². The number of thiazole rings is 1. The average molecular weight is 396 g/mol. The van der Waals surface area contributed by atoms with Crippen LogP contribution in [-0.4, -0.2) is 31.4 Å². The summed E-state index contributed by atoms with van der Waals surface area (Å²) in [5.74, 6) is 1.39. The fraction of sp³-hybridized carbons (Fsp3) is 0.400. The minimum absolute atomic E-state index is 0.0242. The summed E-state index contributed by atoms with van der Waals surface area (Å²) in [5.41, 5.74) is 8.00. The van der Waals surface area contributed by atoms with Crippen molar-refractivity contribution in [1.82, 2.24) is 24.8 Å². The van der Waals surface area contributed by atoms with E-state index in [-0.39, 0.29) is 12.0 Å². The second-order valence-corrected chi connectivity index (χ2v) is 8.01. The van der Waals surface area contributed by atoms with Gasteiger partial charge in [-0.15, -0.1) is 11.3 Å². The predicted octanol–water partition coefficient (Wildman–Crippen LogP) is 4.25. The van der Waals surface area contributed by atoms with Gasteiger partial charge in [-0.1, -0.05) is 24.6 Å². The molecule has 146 valence electrons. The summed E-state index contributed by atoms with van der Waals surface area (Å²) in [6, 6.07) is 10.2. The van der Waals surface area contributed by atoms with Crippen LogP contribution in [0.5, 0.6) is 0 Å². The molecule has 28 heavy (non-hydrogen) atoms. The van der Waals surface area contributed by atoms with Gasteiger partial charge >= 0.3 is 0 Å². The van der Waals surface area contributed by atoms with Gasteiger partial charge < -0.3 is 11.1 Å². The maximum absolute atomic E-state index is 6.00. The lowest BCUT2D eigenvalue weighted by Gasteiger charge is -2.38. The van der Waals surface area contributed by atoms with Gasteiger partial charge in [-0.25, -0.2) is 4.98 Å². The number of nitrogens with two attached hydrogens (primary N) is 1. The second kappa shape index (κ2) is 8.20. The van der Waals surface area contributed by atoms with E-state index in [9.17, 15) is 0 Å². The smallest absolute Gasteiger partial charge is 0.232 e. The number of para-hydroxylation sites is 1. The number of nitrogens with one attached hydrogen (secondary N) is 1. The molecule has 0 spiro atoms. The van der Waals surface area contributed by atoms with E-state index in [1.807, 2.05) is 37.3 Å². The van der Waals surface area contributed by atoms with Gasteiger partial charge in [-0.05, 0) is 45.4 Å². The van der Waals surface area contributed by atoms with Crippen LogP contribution < -0.4 is 11.1 Å². The SMILES string of the molecule is Cc1csc([C@@H]2CCCCN2[C@@H](C)c2nc(N)nc(Nc3ccccc3)n2)n1. The fourth-order valence-corrected chi connectivity index (χ4v) is 4.61. The van der Waals surface area contributed by atoms with Gasteiger partial charge in [0.25, 0.3) is 0 Å². The predicted molar refractivity (Wildman–Crippen MR) is 113 cm³/mol. The topological polar surface area (TPSA) is 92.9 Å². The fourth-order valence-electron chi connectivity index (χ4n) is 3.66. The van der Waals surface area contributed by atoms with Crippen molar-refractivity contribution < 1.29 is 0 Å². The lowest BCUT2D eigenvalue weighted by atomic mass is 10.00. The van der Waals surface area contributed by atoms with Crippen molar-refractivity contribution >= 4 is 28.9 Å². The Hall–Kier alpha value is -2.58. The van der Waals surface area contributed by atoms with Crippen molar-refractivity contribution in [3.05, 3.63) is 52.2 Å². The van der Waals surface area contributed by atoms with Gasteiger partial charge in [0.2, 0.25) is 11.9 Å². The molecule has 3 aromatic rings. The monoisotopic (exact) mass is 395 g/mol. The molecule has 8 heteroatoms. The third kappa shape index (κ3) is 4.13. The zero-order chi connectivity index (χ0) is 19.5. The molecule has 1 aliphatic rings. The first-order valence-electron chi connectivity index (χ1n) is 9.61. The van der Waals surface area contributed by atoms with Gasteiger partial charge in [0, 0.05) is 16.8 Å². The Kier molecular flexibility index (Phi) is 5.50. The lowest BCUT2D eigenvalue weighted by molar-refractivity contribution is 0.0982. The Morgan fingerprint density at radius 3 is 2.71 bits per heavy atom. The number of piperidine rings is 1. The first kappa shape index (κ1) is 18.8. The molecular formula is C20H25N7S. The van der Waals surface area contributed by atoms with Gasteiger partial charge in [-0.3, -0.25) is 4.90 Å². The number of aryl methyl sites for hydroxylation is 1. The largest absolute Gasteiger partial charge is 0.368 e. The second-order valence-electron chi connectivity index (χ2n) is 7.12. The minimum atomic E-state index is 0.0242. The Morgan fingerprint density at radius 2 is 1.96 bits per heavy atom. The summed E-state index contributed by atoms with van der Waals surface area (Å²) >= 11 is 1.74. The number of rotatable bonds is 5. The molecule has 4 rings (SSSR count). The van der Waals surface area contributed by atoms with Crippen LogP contribution in [0.25, 0.3) is 0 Å². The van der Waals surface area contributed by atoms with E-state index >= 15 is 0 Å². The van der Waals surface area contributed by atoms with Gasteiger partial charge in [-0.2, -0.15) is 15.0 Å². The molecule has 1 aliphatic heterocycles. The number of hydrogen-bond donors (Lipinski definition) is 2. The van der Waals surface area contributed by atoms with Gasteiger partial charge in [0.05, 0.1) is 12.1 Å². The van der Waals surface area contributed by atoms with Crippen molar-refractivity contribution in [2.75, 3.05) is 17.6 Å². The van der Waals surface area contributed by atoms with Crippen LogP contribution in [0.3, 0.4) is 0 Å². The van der Waals surface area contributed by atoms with Crippen molar-refractivity contribution in [2.45, 2.75) is 45.2 Å². The number of likely N-dealkylation sites (tertiary alicyclic amines) is 1. The van der Waals surface area contributed by atoms with E-state index in [0.29, 0.717) is 17.8 Å². The number of benzene rings is 1. The Bertz CT molecular complexity index is 927. The molecule has 3 N–H and O–H groups in total. The van der Waals surface area contributed by atoms with Crippen LogP contribution in [0.1, 0.15) is 54.8 Å². The van der Waals surface area contributed by atoms with Crippen molar-refractivity contribution in [3.63, 3.8) is 0 Å². The first-order valence-corrected chi connectivity index (χ1v) is 10.5. The van der Waals surface area contributed by atoms with Crippen molar-refractivity contribution in [3.8, 4) is 0 Å². The van der Waals surface area contributed by atoms with Crippen LogP contribution in [0, 0.1) is 6.92 Å². The first-order chi connectivity index (χ1) is 13.6. The number of aromatic nitrogens is 4. The number of anilines is 3. The third-order valence-electron chi connectivity index (χ3n) is 5.04. The number of hydrogen-bond acceptors (Lipinski definition) is 8. The van der Waals surface area contributed by atoms with Crippen LogP contribution >= 0.6 is 11.3 Å². The third-order valence-corrected chi connectivity index (χ3v) is 6.10. The van der Waals surface area contributed by atoms with Gasteiger partial charge in [0.15, 0.2) is 5.82 Å². The molecule has 0 bridgehead atoms. The minimum Gasteiger partial charge on any atom is -0.368 e. The standard InChI is InChI=1S/C20H25N7S/c1-13-12-28-18(22-13)16-10-6-7-11-27(16)14(2)17-24-19(21)26-20(25-17)23-15-8-4-3-5-9-15/h3-5,8-9,12,14,16H,6-7,10-11H2,1-2H3,(H3,21,23,24,25,26)/t14-,16-/m0/s1. The van der Waals surface area contributed by atoms with Crippen LogP contribution in [-0.2, 0) is 0 Å². The molecule has 0 aliphatic carbocycles. The van der Waals surface area contributed by atoms with Crippen LogP contribution in [0.4, 0.5) is 17.6 Å². The summed E-state index contributed by atoms with van der Waals surface area (Å²) in [6.07, 6.45) is 3.49. The van der Waals surface area contributed by atoms with Gasteiger partial charge in [0.1, 0.15) is 5.01 Å². The lowest BCUT2D eigenvalue weighted by Crippen LogP contribution is -2.36. The summed E-state index contributed by atoms with van der Waals surface area (Å²) in [4.78, 5) is 20.5. The molecule has 7 nitrogen and oxygen atoms in total. The molecule has 1 fully saturated rings. The summed E-state index contributed by atoms with van der Waals surface area (Å²) in [5, 5.41) is 6.51.